The first-order valence-electron chi connectivity index (χ1n) is 7.85. The highest BCUT2D eigenvalue weighted by atomic mass is 16.5. The first-order valence-corrected chi connectivity index (χ1v) is 7.85. The van der Waals surface area contributed by atoms with Crippen LogP contribution in [0.4, 0.5) is 5.69 Å². The molecule has 0 aliphatic carbocycles. The van der Waals surface area contributed by atoms with Crippen molar-refractivity contribution in [2.45, 2.75) is 26.7 Å². The molecule has 2 aromatic carbocycles. The Kier molecular flexibility index (Phi) is 5.95. The topological polar surface area (TPSA) is 75.6 Å². The number of nitrogens with one attached hydrogen (secondary N) is 1. The van der Waals surface area contributed by atoms with Gasteiger partial charge in [0.05, 0.1) is 17.9 Å². The van der Waals surface area contributed by atoms with Crippen LogP contribution in [-0.2, 0) is 11.2 Å². The smallest absolute Gasteiger partial charge is 0.335 e. The molecule has 2 N–H and O–H groups in total. The van der Waals surface area contributed by atoms with Crippen LogP contribution in [0, 0.1) is 6.92 Å². The van der Waals surface area contributed by atoms with Crippen LogP contribution in [-0.4, -0.2) is 23.6 Å². The first kappa shape index (κ1) is 17.5. The van der Waals surface area contributed by atoms with Crippen molar-refractivity contribution in [1.29, 1.82) is 0 Å². The van der Waals surface area contributed by atoms with Gasteiger partial charge >= 0.3 is 5.97 Å². The summed E-state index contributed by atoms with van der Waals surface area (Å²) in [4.78, 5) is 23.4. The van der Waals surface area contributed by atoms with Gasteiger partial charge in [0.2, 0.25) is 5.91 Å². The molecule has 0 saturated heterocycles. The van der Waals surface area contributed by atoms with E-state index in [1.54, 1.807) is 24.3 Å². The van der Waals surface area contributed by atoms with Crippen LogP contribution in [0.5, 0.6) is 5.75 Å². The van der Waals surface area contributed by atoms with Crippen molar-refractivity contribution in [2.75, 3.05) is 11.9 Å². The standard InChI is InChI=1S/C19H21NO4/c1-3-24-17-12-13(2)8-10-16(17)20-18(21)11-9-14-6-4-5-7-15(14)19(22)23/h4-8,10,12H,3,9,11H2,1-2H3,(H,20,21)(H,22,23). The van der Waals surface area contributed by atoms with Crippen molar-refractivity contribution in [3.63, 3.8) is 0 Å². The fraction of sp³-hybridized carbons (Fsp3) is 0.263. The molecule has 24 heavy (non-hydrogen) atoms. The van der Waals surface area contributed by atoms with E-state index < -0.39 is 5.97 Å². The molecule has 126 valence electrons. The number of ether oxygens (including phenoxy) is 1. The Morgan fingerprint density at radius 3 is 2.62 bits per heavy atom. The summed E-state index contributed by atoms with van der Waals surface area (Å²) < 4.78 is 5.54. The number of rotatable bonds is 7. The predicted octanol–water partition coefficient (Wildman–Crippen LogP) is 3.66. The quantitative estimate of drug-likeness (QED) is 0.813. The molecule has 0 heterocycles. The predicted molar refractivity (Wildman–Crippen MR) is 92.7 cm³/mol. The zero-order valence-corrected chi connectivity index (χ0v) is 13.8. The Bertz CT molecular complexity index is 740. The number of carboxylic acids is 1. The molecule has 0 radical (unpaired) electrons. The van der Waals surface area contributed by atoms with E-state index in [1.165, 1.54) is 0 Å². The lowest BCUT2D eigenvalue weighted by Gasteiger charge is -2.12. The van der Waals surface area contributed by atoms with Crippen LogP contribution in [0.1, 0.15) is 34.8 Å². The summed E-state index contributed by atoms with van der Waals surface area (Å²) in [5.74, 6) is -0.528. The van der Waals surface area contributed by atoms with Gasteiger partial charge in [0.15, 0.2) is 0 Å². The van der Waals surface area contributed by atoms with Crippen molar-refractivity contribution >= 4 is 17.6 Å². The van der Waals surface area contributed by atoms with Crippen molar-refractivity contribution in [3.8, 4) is 5.75 Å². The van der Waals surface area contributed by atoms with Gasteiger partial charge in [0, 0.05) is 6.42 Å². The van der Waals surface area contributed by atoms with Gasteiger partial charge in [-0.2, -0.15) is 0 Å². The maximum atomic E-state index is 12.2. The molecule has 5 nitrogen and oxygen atoms in total. The minimum Gasteiger partial charge on any atom is -0.492 e. The lowest BCUT2D eigenvalue weighted by atomic mass is 10.0. The van der Waals surface area contributed by atoms with Crippen LogP contribution in [0.25, 0.3) is 0 Å². The Labute approximate surface area is 141 Å². The second kappa shape index (κ2) is 8.15. The third kappa shape index (κ3) is 4.59. The van der Waals surface area contributed by atoms with Crippen LogP contribution < -0.4 is 10.1 Å². The van der Waals surface area contributed by atoms with Gasteiger partial charge in [0.25, 0.3) is 0 Å². The molecule has 2 aromatic rings. The Hall–Kier alpha value is -2.82. The summed E-state index contributed by atoms with van der Waals surface area (Å²) in [5, 5.41) is 12.0. The summed E-state index contributed by atoms with van der Waals surface area (Å²) in [6.45, 7) is 4.35. The Balaban J connectivity index is 2.03. The number of anilines is 1. The van der Waals surface area contributed by atoms with E-state index in [-0.39, 0.29) is 17.9 Å². The lowest BCUT2D eigenvalue weighted by Crippen LogP contribution is -2.14. The molecule has 0 aliphatic heterocycles. The molecule has 0 aromatic heterocycles. The highest BCUT2D eigenvalue weighted by Gasteiger charge is 2.12. The fourth-order valence-electron chi connectivity index (χ4n) is 2.42. The third-order valence-electron chi connectivity index (χ3n) is 3.58. The van der Waals surface area contributed by atoms with E-state index in [0.717, 1.165) is 5.56 Å². The van der Waals surface area contributed by atoms with Crippen LogP contribution in [0.2, 0.25) is 0 Å². The van der Waals surface area contributed by atoms with Gasteiger partial charge in [-0.1, -0.05) is 24.3 Å². The summed E-state index contributed by atoms with van der Waals surface area (Å²) in [6, 6.07) is 12.3. The van der Waals surface area contributed by atoms with E-state index in [9.17, 15) is 14.7 Å². The Morgan fingerprint density at radius 1 is 1.17 bits per heavy atom. The molecule has 1 amide bonds. The van der Waals surface area contributed by atoms with Crippen molar-refractivity contribution in [1.82, 2.24) is 0 Å². The van der Waals surface area contributed by atoms with E-state index >= 15 is 0 Å². The van der Waals surface area contributed by atoms with E-state index in [2.05, 4.69) is 5.32 Å². The summed E-state index contributed by atoms with van der Waals surface area (Å²) >= 11 is 0. The minimum atomic E-state index is -0.983. The van der Waals surface area contributed by atoms with E-state index in [1.807, 2.05) is 32.0 Å². The zero-order valence-electron chi connectivity index (χ0n) is 13.8. The number of amides is 1. The zero-order chi connectivity index (χ0) is 17.5. The average Bonchev–Trinajstić information content (AvgIpc) is 2.56. The van der Waals surface area contributed by atoms with Gasteiger partial charge < -0.3 is 15.2 Å². The third-order valence-corrected chi connectivity index (χ3v) is 3.58. The van der Waals surface area contributed by atoms with Crippen molar-refractivity contribution in [2.24, 2.45) is 0 Å². The fourth-order valence-corrected chi connectivity index (χ4v) is 2.42. The highest BCUT2D eigenvalue weighted by molar-refractivity contribution is 5.93. The summed E-state index contributed by atoms with van der Waals surface area (Å²) in [6.07, 6.45) is 0.563. The normalized spacial score (nSPS) is 10.2. The van der Waals surface area contributed by atoms with Gasteiger partial charge in [-0.25, -0.2) is 4.79 Å². The molecule has 5 heteroatoms. The summed E-state index contributed by atoms with van der Waals surface area (Å²) in [7, 11) is 0. The highest BCUT2D eigenvalue weighted by Crippen LogP contribution is 2.26. The number of carboxylic acid groups (broad SMARTS) is 1. The number of benzene rings is 2. The maximum absolute atomic E-state index is 12.2. The monoisotopic (exact) mass is 327 g/mol. The van der Waals surface area contributed by atoms with E-state index in [4.69, 9.17) is 4.74 Å². The number of aromatic carboxylic acids is 1. The molecule has 0 saturated carbocycles. The number of aryl methyl sites for hydroxylation is 2. The van der Waals surface area contributed by atoms with Crippen LogP contribution >= 0.6 is 0 Å². The molecular formula is C19H21NO4. The molecular weight excluding hydrogens is 306 g/mol. The second-order valence-electron chi connectivity index (χ2n) is 5.44. The number of hydrogen-bond donors (Lipinski definition) is 2. The van der Waals surface area contributed by atoms with E-state index in [0.29, 0.717) is 30.0 Å². The first-order chi connectivity index (χ1) is 11.5. The maximum Gasteiger partial charge on any atom is 0.335 e. The molecule has 0 atom stereocenters. The largest absolute Gasteiger partial charge is 0.492 e. The van der Waals surface area contributed by atoms with Gasteiger partial charge in [0.1, 0.15) is 5.75 Å². The molecule has 0 unspecified atom stereocenters. The number of hydrogen-bond acceptors (Lipinski definition) is 3. The van der Waals surface area contributed by atoms with Gasteiger partial charge in [-0.05, 0) is 49.6 Å². The summed E-state index contributed by atoms with van der Waals surface area (Å²) in [5.41, 5.74) is 2.55. The van der Waals surface area contributed by atoms with Crippen LogP contribution in [0.15, 0.2) is 42.5 Å². The van der Waals surface area contributed by atoms with Gasteiger partial charge in [-0.3, -0.25) is 4.79 Å². The minimum absolute atomic E-state index is 0.181. The lowest BCUT2D eigenvalue weighted by molar-refractivity contribution is -0.116. The SMILES string of the molecule is CCOc1cc(C)ccc1NC(=O)CCc1ccccc1C(=O)O. The molecule has 0 fully saturated rings. The number of carbonyl (C=O) groups excluding carboxylic acids is 1. The average molecular weight is 327 g/mol. The van der Waals surface area contributed by atoms with Gasteiger partial charge in [-0.15, -0.1) is 0 Å². The Morgan fingerprint density at radius 2 is 1.92 bits per heavy atom. The molecule has 0 spiro atoms. The molecule has 0 bridgehead atoms. The van der Waals surface area contributed by atoms with Crippen LogP contribution in [0.3, 0.4) is 0 Å². The van der Waals surface area contributed by atoms with Crippen molar-refractivity contribution in [3.05, 3.63) is 59.2 Å². The molecule has 2 rings (SSSR count). The van der Waals surface area contributed by atoms with Crippen molar-refractivity contribution < 1.29 is 19.4 Å². The second-order valence-corrected chi connectivity index (χ2v) is 5.44. The number of carbonyl (C=O) groups is 2. The molecule has 0 aliphatic rings.